The Morgan fingerprint density at radius 1 is 1.57 bits per heavy atom. The summed E-state index contributed by atoms with van der Waals surface area (Å²) in [4.78, 5) is 10.7. The Labute approximate surface area is 82.6 Å². The normalized spacial score (nSPS) is 9.50. The lowest BCUT2D eigenvalue weighted by molar-refractivity contribution is 0.0696. The summed E-state index contributed by atoms with van der Waals surface area (Å²) in [6, 6.07) is 5.04. The molecule has 0 saturated carbocycles. The van der Waals surface area contributed by atoms with Crippen LogP contribution in [0.25, 0.3) is 0 Å². The minimum atomic E-state index is -0.990. The molecule has 0 unspecified atom stereocenters. The second-order valence-electron chi connectivity index (χ2n) is 3.08. The molecule has 0 aliphatic rings. The van der Waals surface area contributed by atoms with Crippen LogP contribution in [0.15, 0.2) is 12.1 Å². The lowest BCUT2D eigenvalue weighted by Gasteiger charge is -2.06. The van der Waals surface area contributed by atoms with E-state index in [9.17, 15) is 4.79 Å². The summed E-state index contributed by atoms with van der Waals surface area (Å²) < 4.78 is 0. The van der Waals surface area contributed by atoms with Gasteiger partial charge in [-0.05, 0) is 36.6 Å². The molecule has 1 aromatic carbocycles. The maximum Gasteiger partial charge on any atom is 0.335 e. The van der Waals surface area contributed by atoms with Crippen molar-refractivity contribution in [3.05, 3.63) is 34.4 Å². The highest BCUT2D eigenvalue weighted by atomic mass is 16.4. The van der Waals surface area contributed by atoms with Crippen LogP contribution >= 0.6 is 0 Å². The second-order valence-corrected chi connectivity index (χ2v) is 3.08. The zero-order chi connectivity index (χ0) is 10.7. The highest BCUT2D eigenvalue weighted by molar-refractivity contribution is 5.88. The summed E-state index contributed by atoms with van der Waals surface area (Å²) in [6.07, 6.45) is 0.738. The van der Waals surface area contributed by atoms with Gasteiger partial charge in [-0.15, -0.1) is 0 Å². The van der Waals surface area contributed by atoms with Crippen molar-refractivity contribution in [1.82, 2.24) is 0 Å². The summed E-state index contributed by atoms with van der Waals surface area (Å²) in [7, 11) is 0. The van der Waals surface area contributed by atoms with E-state index >= 15 is 0 Å². The van der Waals surface area contributed by atoms with Crippen LogP contribution in [0.3, 0.4) is 0 Å². The lowest BCUT2D eigenvalue weighted by Crippen LogP contribution is -2.01. The average molecular weight is 189 g/mol. The number of carboxylic acids is 1. The lowest BCUT2D eigenvalue weighted by atomic mass is 9.98. The molecule has 0 spiro atoms. The predicted octanol–water partition coefficient (Wildman–Crippen LogP) is 2.13. The molecule has 3 heteroatoms. The number of carboxylic acid groups (broad SMARTS) is 1. The summed E-state index contributed by atoms with van der Waals surface area (Å²) in [5.41, 5.74) is 2.42. The van der Waals surface area contributed by atoms with Crippen molar-refractivity contribution in [3.8, 4) is 6.07 Å². The van der Waals surface area contributed by atoms with Crippen molar-refractivity contribution in [2.75, 3.05) is 0 Å². The Balaban J connectivity index is 3.41. The number of rotatable bonds is 2. The van der Waals surface area contributed by atoms with Crippen molar-refractivity contribution in [3.63, 3.8) is 0 Å². The molecule has 0 aliphatic heterocycles. The third-order valence-corrected chi connectivity index (χ3v) is 2.26. The van der Waals surface area contributed by atoms with Crippen molar-refractivity contribution < 1.29 is 9.90 Å². The number of hydrogen-bond acceptors (Lipinski definition) is 2. The zero-order valence-corrected chi connectivity index (χ0v) is 8.16. The first kappa shape index (κ1) is 10.3. The number of nitrogens with zero attached hydrogens (tertiary/aromatic N) is 1. The maximum absolute atomic E-state index is 10.7. The number of benzene rings is 1. The van der Waals surface area contributed by atoms with Crippen LogP contribution in [0.4, 0.5) is 0 Å². The molecule has 0 amide bonds. The van der Waals surface area contributed by atoms with Crippen molar-refractivity contribution in [2.45, 2.75) is 20.3 Å². The second kappa shape index (κ2) is 3.93. The van der Waals surface area contributed by atoms with Gasteiger partial charge in [-0.3, -0.25) is 0 Å². The van der Waals surface area contributed by atoms with Gasteiger partial charge in [0.15, 0.2) is 0 Å². The van der Waals surface area contributed by atoms with Crippen molar-refractivity contribution in [2.24, 2.45) is 0 Å². The number of aromatic carboxylic acids is 1. The van der Waals surface area contributed by atoms with Gasteiger partial charge in [0.25, 0.3) is 0 Å². The fraction of sp³-hybridized carbons (Fsp3) is 0.273. The number of carbonyl (C=O) groups is 1. The van der Waals surface area contributed by atoms with Crippen LogP contribution in [0.5, 0.6) is 0 Å². The van der Waals surface area contributed by atoms with Gasteiger partial charge < -0.3 is 5.11 Å². The van der Waals surface area contributed by atoms with E-state index in [0.29, 0.717) is 5.56 Å². The van der Waals surface area contributed by atoms with Gasteiger partial charge in [-0.1, -0.05) is 6.92 Å². The molecule has 0 radical (unpaired) electrons. The predicted molar refractivity (Wildman–Crippen MR) is 52.2 cm³/mol. The Morgan fingerprint density at radius 2 is 2.21 bits per heavy atom. The van der Waals surface area contributed by atoms with E-state index in [2.05, 4.69) is 0 Å². The number of aryl methyl sites for hydroxylation is 1. The summed E-state index contributed by atoms with van der Waals surface area (Å²) in [5, 5.41) is 17.6. The topological polar surface area (TPSA) is 61.1 Å². The quantitative estimate of drug-likeness (QED) is 0.775. The Kier molecular flexibility index (Phi) is 2.88. The van der Waals surface area contributed by atoms with Gasteiger partial charge in [0.1, 0.15) is 0 Å². The van der Waals surface area contributed by atoms with E-state index in [1.807, 2.05) is 19.9 Å². The smallest absolute Gasteiger partial charge is 0.335 e. The van der Waals surface area contributed by atoms with Gasteiger partial charge in [-0.2, -0.15) is 5.26 Å². The largest absolute Gasteiger partial charge is 0.478 e. The zero-order valence-electron chi connectivity index (χ0n) is 8.16. The first-order valence-corrected chi connectivity index (χ1v) is 4.37. The Hall–Kier alpha value is -1.82. The fourth-order valence-electron chi connectivity index (χ4n) is 1.38. The molecule has 72 valence electrons. The van der Waals surface area contributed by atoms with E-state index < -0.39 is 5.97 Å². The van der Waals surface area contributed by atoms with E-state index in [0.717, 1.165) is 17.5 Å². The highest BCUT2D eigenvalue weighted by Gasteiger charge is 2.09. The molecule has 1 rings (SSSR count). The molecule has 0 aliphatic carbocycles. The van der Waals surface area contributed by atoms with Gasteiger partial charge >= 0.3 is 5.97 Å². The molecule has 14 heavy (non-hydrogen) atoms. The van der Waals surface area contributed by atoms with Gasteiger partial charge in [0, 0.05) is 0 Å². The molecule has 0 saturated heterocycles. The maximum atomic E-state index is 10.7. The molecular formula is C11H11NO2. The minimum Gasteiger partial charge on any atom is -0.478 e. The standard InChI is InChI=1S/C11H11NO2/c1-3-8-4-9(11(13)14)5-10(6-12)7(8)2/h4-5H,3H2,1-2H3,(H,13,14). The average Bonchev–Trinajstić information content (AvgIpc) is 2.17. The van der Waals surface area contributed by atoms with Crippen LogP contribution in [0.1, 0.15) is 34.0 Å². The van der Waals surface area contributed by atoms with Crippen molar-refractivity contribution >= 4 is 5.97 Å². The molecule has 0 heterocycles. The van der Waals surface area contributed by atoms with Gasteiger partial charge in [-0.25, -0.2) is 4.79 Å². The molecule has 1 N–H and O–H groups in total. The van der Waals surface area contributed by atoms with Crippen LogP contribution in [0, 0.1) is 18.3 Å². The molecule has 0 fully saturated rings. The first-order chi connectivity index (χ1) is 6.60. The molecule has 0 aromatic heterocycles. The summed E-state index contributed by atoms with van der Waals surface area (Å²) >= 11 is 0. The SMILES string of the molecule is CCc1cc(C(=O)O)cc(C#N)c1C. The van der Waals surface area contributed by atoms with E-state index in [-0.39, 0.29) is 5.56 Å². The van der Waals surface area contributed by atoms with Gasteiger partial charge in [0.05, 0.1) is 17.2 Å². The Bertz CT molecular complexity index is 416. The van der Waals surface area contributed by atoms with Crippen LogP contribution in [0.2, 0.25) is 0 Å². The Morgan fingerprint density at radius 3 is 2.64 bits per heavy atom. The minimum absolute atomic E-state index is 0.184. The van der Waals surface area contributed by atoms with Crippen molar-refractivity contribution in [1.29, 1.82) is 5.26 Å². The van der Waals surface area contributed by atoms with E-state index in [4.69, 9.17) is 10.4 Å². The van der Waals surface area contributed by atoms with Crippen LogP contribution < -0.4 is 0 Å². The molecular weight excluding hydrogens is 178 g/mol. The third kappa shape index (κ3) is 1.74. The molecule has 0 bridgehead atoms. The van der Waals surface area contributed by atoms with Crippen LogP contribution in [-0.2, 0) is 6.42 Å². The van der Waals surface area contributed by atoms with E-state index in [1.165, 1.54) is 6.07 Å². The summed E-state index contributed by atoms with van der Waals surface area (Å²) in [6.45, 7) is 3.78. The fourth-order valence-corrected chi connectivity index (χ4v) is 1.38. The number of nitriles is 1. The molecule has 0 atom stereocenters. The highest BCUT2D eigenvalue weighted by Crippen LogP contribution is 2.17. The monoisotopic (exact) mass is 189 g/mol. The van der Waals surface area contributed by atoms with Gasteiger partial charge in [0.2, 0.25) is 0 Å². The molecule has 1 aromatic rings. The first-order valence-electron chi connectivity index (χ1n) is 4.37. The molecule has 3 nitrogen and oxygen atoms in total. The number of hydrogen-bond donors (Lipinski definition) is 1. The third-order valence-electron chi connectivity index (χ3n) is 2.26. The van der Waals surface area contributed by atoms with E-state index in [1.54, 1.807) is 6.07 Å². The van der Waals surface area contributed by atoms with Crippen LogP contribution in [-0.4, -0.2) is 11.1 Å². The summed E-state index contributed by atoms with van der Waals surface area (Å²) in [5.74, 6) is -0.990.